The van der Waals surface area contributed by atoms with Crippen LogP contribution in [0.4, 0.5) is 0 Å². The third-order valence-electron chi connectivity index (χ3n) is 1.40. The molecule has 0 spiro atoms. The molecule has 0 fully saturated rings. The summed E-state index contributed by atoms with van der Waals surface area (Å²) in [5.41, 5.74) is 0.419. The van der Waals surface area contributed by atoms with Gasteiger partial charge in [0.25, 0.3) is 0 Å². The second-order valence-corrected chi connectivity index (χ2v) is 3.06. The van der Waals surface area contributed by atoms with Crippen LogP contribution in [-0.2, 0) is 14.3 Å². The molecule has 13 heavy (non-hydrogen) atoms. The Morgan fingerprint density at radius 2 is 2.15 bits per heavy atom. The summed E-state index contributed by atoms with van der Waals surface area (Å²) < 4.78 is 10.2. The van der Waals surface area contributed by atoms with Gasteiger partial charge >= 0.3 is 5.97 Å². The van der Waals surface area contributed by atoms with Crippen LogP contribution in [-0.4, -0.2) is 25.3 Å². The highest BCUT2D eigenvalue weighted by Gasteiger charge is 2.07. The average Bonchev–Trinajstić information content (AvgIpc) is 2.10. The van der Waals surface area contributed by atoms with Crippen molar-refractivity contribution in [3.05, 3.63) is 12.2 Å². The normalized spacial score (nSPS) is 12.2. The molecule has 1 unspecified atom stereocenters. The molecule has 0 radical (unpaired) electrons. The van der Waals surface area contributed by atoms with Crippen LogP contribution in [0.3, 0.4) is 0 Å². The third kappa shape index (κ3) is 6.34. The van der Waals surface area contributed by atoms with Gasteiger partial charge in [-0.25, -0.2) is 4.79 Å². The van der Waals surface area contributed by atoms with Crippen molar-refractivity contribution in [2.45, 2.75) is 33.3 Å². The first-order chi connectivity index (χ1) is 6.07. The topological polar surface area (TPSA) is 35.5 Å². The molecular weight excluding hydrogens is 168 g/mol. The van der Waals surface area contributed by atoms with Crippen LogP contribution in [0.1, 0.15) is 27.2 Å². The lowest BCUT2D eigenvalue weighted by molar-refractivity contribution is -0.142. The summed E-state index contributed by atoms with van der Waals surface area (Å²) in [6.07, 6.45) is 0.932. The molecule has 0 aliphatic carbocycles. The summed E-state index contributed by atoms with van der Waals surface area (Å²) in [4.78, 5) is 10.9. The van der Waals surface area contributed by atoms with E-state index in [0.717, 1.165) is 6.42 Å². The standard InChI is InChI=1S/C10H18O3/c1-5-6-12-9(4)7-13-10(11)8(2)3/h9H,2,5-7H2,1,3-4H3. The summed E-state index contributed by atoms with van der Waals surface area (Å²) in [6.45, 7) is 10.0. The Balaban J connectivity index is 3.51. The van der Waals surface area contributed by atoms with Crippen LogP contribution in [0.2, 0.25) is 0 Å². The molecule has 0 N–H and O–H groups in total. The summed E-state index contributed by atoms with van der Waals surface area (Å²) in [5, 5.41) is 0. The van der Waals surface area contributed by atoms with Gasteiger partial charge in [0, 0.05) is 12.2 Å². The van der Waals surface area contributed by atoms with Gasteiger partial charge in [-0.15, -0.1) is 0 Å². The molecule has 3 nitrogen and oxygen atoms in total. The van der Waals surface area contributed by atoms with Crippen LogP contribution >= 0.6 is 0 Å². The van der Waals surface area contributed by atoms with Gasteiger partial charge in [0.2, 0.25) is 0 Å². The fraction of sp³-hybridized carbons (Fsp3) is 0.700. The zero-order chi connectivity index (χ0) is 10.3. The SMILES string of the molecule is C=C(C)C(=O)OCC(C)OCCC. The Morgan fingerprint density at radius 3 is 2.62 bits per heavy atom. The van der Waals surface area contributed by atoms with Crippen LogP contribution in [0.15, 0.2) is 12.2 Å². The fourth-order valence-electron chi connectivity index (χ4n) is 0.683. The fourth-order valence-corrected chi connectivity index (χ4v) is 0.683. The van der Waals surface area contributed by atoms with E-state index in [1.807, 2.05) is 13.8 Å². The van der Waals surface area contributed by atoms with Crippen molar-refractivity contribution in [1.29, 1.82) is 0 Å². The van der Waals surface area contributed by atoms with Crippen LogP contribution in [0.25, 0.3) is 0 Å². The maximum Gasteiger partial charge on any atom is 0.333 e. The minimum absolute atomic E-state index is 0.0387. The van der Waals surface area contributed by atoms with E-state index in [1.165, 1.54) is 0 Å². The molecule has 0 aromatic rings. The Labute approximate surface area is 79.7 Å². The number of esters is 1. The van der Waals surface area contributed by atoms with Crippen LogP contribution in [0.5, 0.6) is 0 Å². The van der Waals surface area contributed by atoms with E-state index in [2.05, 4.69) is 6.58 Å². The van der Waals surface area contributed by atoms with Crippen molar-refractivity contribution < 1.29 is 14.3 Å². The second-order valence-electron chi connectivity index (χ2n) is 3.06. The van der Waals surface area contributed by atoms with Gasteiger partial charge in [0.05, 0.1) is 6.10 Å². The van der Waals surface area contributed by atoms with Crippen LogP contribution in [0, 0.1) is 0 Å². The smallest absolute Gasteiger partial charge is 0.333 e. The molecule has 0 amide bonds. The van der Waals surface area contributed by atoms with Crippen molar-refractivity contribution in [1.82, 2.24) is 0 Å². The predicted octanol–water partition coefficient (Wildman–Crippen LogP) is 1.92. The number of rotatable bonds is 6. The molecule has 0 aromatic heterocycles. The first-order valence-corrected chi connectivity index (χ1v) is 4.52. The zero-order valence-corrected chi connectivity index (χ0v) is 8.63. The third-order valence-corrected chi connectivity index (χ3v) is 1.40. The van der Waals surface area contributed by atoms with E-state index in [-0.39, 0.29) is 12.1 Å². The lowest BCUT2D eigenvalue weighted by Crippen LogP contribution is -2.19. The maximum atomic E-state index is 10.9. The minimum Gasteiger partial charge on any atom is -0.460 e. The Hall–Kier alpha value is -0.830. The Kier molecular flexibility index (Phi) is 6.24. The van der Waals surface area contributed by atoms with Crippen molar-refractivity contribution >= 4 is 5.97 Å². The van der Waals surface area contributed by atoms with E-state index in [4.69, 9.17) is 9.47 Å². The number of hydrogen-bond donors (Lipinski definition) is 0. The largest absolute Gasteiger partial charge is 0.460 e. The lowest BCUT2D eigenvalue weighted by Gasteiger charge is -2.12. The summed E-state index contributed by atoms with van der Waals surface area (Å²) >= 11 is 0. The van der Waals surface area contributed by atoms with E-state index < -0.39 is 0 Å². The molecule has 0 heterocycles. The maximum absolute atomic E-state index is 10.9. The average molecular weight is 186 g/mol. The zero-order valence-electron chi connectivity index (χ0n) is 8.63. The highest BCUT2D eigenvalue weighted by Crippen LogP contribution is 1.97. The first kappa shape index (κ1) is 12.2. The molecule has 0 aromatic carbocycles. The Morgan fingerprint density at radius 1 is 1.54 bits per heavy atom. The van der Waals surface area contributed by atoms with Crippen molar-refractivity contribution in [2.24, 2.45) is 0 Å². The Bertz CT molecular complexity index is 175. The molecule has 0 saturated heterocycles. The summed E-state index contributed by atoms with van der Waals surface area (Å²) in [6, 6.07) is 0. The molecule has 1 atom stereocenters. The first-order valence-electron chi connectivity index (χ1n) is 4.52. The highest BCUT2D eigenvalue weighted by molar-refractivity contribution is 5.86. The summed E-state index contributed by atoms with van der Waals surface area (Å²) in [5.74, 6) is -0.355. The molecular formula is C10H18O3. The number of ether oxygens (including phenoxy) is 2. The van der Waals surface area contributed by atoms with Crippen molar-refractivity contribution in [2.75, 3.05) is 13.2 Å². The van der Waals surface area contributed by atoms with Gasteiger partial charge in [-0.1, -0.05) is 13.5 Å². The van der Waals surface area contributed by atoms with Gasteiger partial charge in [-0.3, -0.25) is 0 Å². The lowest BCUT2D eigenvalue weighted by atomic mass is 10.3. The van der Waals surface area contributed by atoms with E-state index >= 15 is 0 Å². The van der Waals surface area contributed by atoms with Gasteiger partial charge < -0.3 is 9.47 Å². The molecule has 0 bridgehead atoms. The van der Waals surface area contributed by atoms with Crippen molar-refractivity contribution in [3.63, 3.8) is 0 Å². The van der Waals surface area contributed by atoms with Crippen molar-refractivity contribution in [3.8, 4) is 0 Å². The number of carbonyl (C=O) groups is 1. The predicted molar refractivity (Wildman–Crippen MR) is 51.5 cm³/mol. The van der Waals surface area contributed by atoms with E-state index in [0.29, 0.717) is 18.8 Å². The molecule has 0 rings (SSSR count). The van der Waals surface area contributed by atoms with Gasteiger partial charge in [0.15, 0.2) is 0 Å². The van der Waals surface area contributed by atoms with E-state index in [1.54, 1.807) is 6.92 Å². The minimum atomic E-state index is -0.355. The van der Waals surface area contributed by atoms with Gasteiger partial charge in [-0.05, 0) is 20.3 Å². The number of carbonyl (C=O) groups excluding carboxylic acids is 1. The summed E-state index contributed by atoms with van der Waals surface area (Å²) in [7, 11) is 0. The second kappa shape index (κ2) is 6.66. The quantitative estimate of drug-likeness (QED) is 0.469. The molecule has 0 saturated carbocycles. The molecule has 3 heteroatoms. The van der Waals surface area contributed by atoms with E-state index in [9.17, 15) is 4.79 Å². The molecule has 76 valence electrons. The van der Waals surface area contributed by atoms with Gasteiger partial charge in [0.1, 0.15) is 6.61 Å². The monoisotopic (exact) mass is 186 g/mol. The van der Waals surface area contributed by atoms with Gasteiger partial charge in [-0.2, -0.15) is 0 Å². The van der Waals surface area contributed by atoms with Crippen LogP contribution < -0.4 is 0 Å². The molecule has 0 aliphatic rings. The molecule has 0 aliphatic heterocycles. The number of hydrogen-bond acceptors (Lipinski definition) is 3. The highest BCUT2D eigenvalue weighted by atomic mass is 16.6.